The quantitative estimate of drug-likeness (QED) is 0.296. The minimum Gasteiger partial charge on any atom is -0.248 e. The second-order valence-electron chi connectivity index (χ2n) is 12.0. The van der Waals surface area contributed by atoms with Crippen LogP contribution in [0.4, 0.5) is 0 Å². The summed E-state index contributed by atoms with van der Waals surface area (Å²) in [7, 11) is 0. The molecule has 1 heterocycles. The summed E-state index contributed by atoms with van der Waals surface area (Å²) < 4.78 is 0. The molecule has 1 heteroatoms. The van der Waals surface area contributed by atoms with E-state index >= 15 is 0 Å². The summed E-state index contributed by atoms with van der Waals surface area (Å²) in [4.78, 5) is 5.15. The van der Waals surface area contributed by atoms with Gasteiger partial charge in [0.2, 0.25) is 0 Å². The molecule has 0 N–H and O–H groups in total. The molecular weight excluding hydrogens is 422 g/mol. The van der Waals surface area contributed by atoms with Crippen molar-refractivity contribution in [3.05, 3.63) is 101 Å². The van der Waals surface area contributed by atoms with Crippen LogP contribution < -0.4 is 0 Å². The lowest BCUT2D eigenvalue weighted by Gasteiger charge is -2.20. The number of aromatic nitrogens is 1. The van der Waals surface area contributed by atoms with Gasteiger partial charge in [0.05, 0.1) is 11.4 Å². The molecule has 4 rings (SSSR count). The predicted molar refractivity (Wildman–Crippen MR) is 152 cm³/mol. The normalized spacial score (nSPS) is 12.1. The largest absolute Gasteiger partial charge is 0.248 e. The first kappa shape index (κ1) is 24.9. The molecule has 0 bridgehead atoms. The SMILES string of the molecule is Cc1cc(-c2cc(-c3ccc(C(C)(C)C)cc3)nc(-c3ccc(C(C)(C)C)cc3)c2)cc(C)c1C. The molecule has 180 valence electrons. The van der Waals surface area contributed by atoms with Crippen LogP contribution in [0.15, 0.2) is 72.8 Å². The molecule has 1 aromatic heterocycles. The zero-order valence-corrected chi connectivity index (χ0v) is 22.9. The zero-order chi connectivity index (χ0) is 25.5. The lowest BCUT2D eigenvalue weighted by atomic mass is 9.86. The summed E-state index contributed by atoms with van der Waals surface area (Å²) >= 11 is 0. The molecule has 0 spiro atoms. The molecule has 0 unspecified atom stereocenters. The molecule has 0 saturated heterocycles. The van der Waals surface area contributed by atoms with Crippen molar-refractivity contribution in [2.24, 2.45) is 0 Å². The van der Waals surface area contributed by atoms with E-state index in [0.717, 1.165) is 22.5 Å². The first-order chi connectivity index (χ1) is 16.3. The molecule has 0 atom stereocenters. The smallest absolute Gasteiger partial charge is 0.0715 e. The minimum absolute atomic E-state index is 0.130. The highest BCUT2D eigenvalue weighted by Gasteiger charge is 2.16. The van der Waals surface area contributed by atoms with Gasteiger partial charge in [0.1, 0.15) is 0 Å². The molecule has 0 aliphatic carbocycles. The number of pyridine rings is 1. The number of nitrogens with zero attached hydrogens (tertiary/aromatic N) is 1. The van der Waals surface area contributed by atoms with Gasteiger partial charge in [-0.3, -0.25) is 0 Å². The van der Waals surface area contributed by atoms with E-state index in [1.807, 2.05) is 0 Å². The van der Waals surface area contributed by atoms with Crippen molar-refractivity contribution in [1.29, 1.82) is 0 Å². The van der Waals surface area contributed by atoms with Crippen molar-refractivity contribution in [1.82, 2.24) is 4.98 Å². The molecule has 0 fully saturated rings. The summed E-state index contributed by atoms with van der Waals surface area (Å²) in [5.74, 6) is 0. The van der Waals surface area contributed by atoms with Gasteiger partial charge in [-0.1, -0.05) is 102 Å². The van der Waals surface area contributed by atoms with E-state index in [1.54, 1.807) is 0 Å². The van der Waals surface area contributed by atoms with Crippen LogP contribution in [0.25, 0.3) is 33.6 Å². The van der Waals surface area contributed by atoms with Crippen LogP contribution in [-0.2, 0) is 10.8 Å². The average Bonchev–Trinajstić information content (AvgIpc) is 2.81. The summed E-state index contributed by atoms with van der Waals surface area (Å²) in [6, 6.07) is 26.9. The van der Waals surface area contributed by atoms with E-state index in [2.05, 4.69) is 135 Å². The maximum atomic E-state index is 5.15. The second kappa shape index (κ2) is 9.11. The van der Waals surface area contributed by atoms with E-state index < -0.39 is 0 Å². The summed E-state index contributed by atoms with van der Waals surface area (Å²) in [6.45, 7) is 20.1. The summed E-state index contributed by atoms with van der Waals surface area (Å²) in [6.07, 6.45) is 0. The van der Waals surface area contributed by atoms with Gasteiger partial charge < -0.3 is 0 Å². The van der Waals surface area contributed by atoms with Crippen LogP contribution in [0, 0.1) is 20.8 Å². The van der Waals surface area contributed by atoms with Gasteiger partial charge >= 0.3 is 0 Å². The first-order valence-electron chi connectivity index (χ1n) is 12.6. The highest BCUT2D eigenvalue weighted by Crippen LogP contribution is 2.34. The van der Waals surface area contributed by atoms with E-state index in [1.165, 1.54) is 38.9 Å². The van der Waals surface area contributed by atoms with Crippen LogP contribution in [0.3, 0.4) is 0 Å². The van der Waals surface area contributed by atoms with Crippen LogP contribution >= 0.6 is 0 Å². The molecule has 0 saturated carbocycles. The highest BCUT2D eigenvalue weighted by atomic mass is 14.7. The first-order valence-corrected chi connectivity index (χ1v) is 12.6. The molecule has 0 amide bonds. The third-order valence-electron chi connectivity index (χ3n) is 7.18. The number of benzene rings is 3. The summed E-state index contributed by atoms with van der Waals surface area (Å²) in [5, 5.41) is 0. The molecular formula is C34H39N. The lowest BCUT2D eigenvalue weighted by molar-refractivity contribution is 0.590. The van der Waals surface area contributed by atoms with Crippen LogP contribution in [0.5, 0.6) is 0 Å². The molecule has 3 aromatic carbocycles. The van der Waals surface area contributed by atoms with Crippen molar-refractivity contribution in [3.63, 3.8) is 0 Å². The number of rotatable bonds is 3. The van der Waals surface area contributed by atoms with Gasteiger partial charge in [0.15, 0.2) is 0 Å². The van der Waals surface area contributed by atoms with Crippen molar-refractivity contribution in [2.45, 2.75) is 73.1 Å². The Labute approximate surface area is 212 Å². The number of hydrogen-bond acceptors (Lipinski definition) is 1. The fourth-order valence-electron chi connectivity index (χ4n) is 4.48. The Morgan fingerprint density at radius 1 is 0.457 bits per heavy atom. The van der Waals surface area contributed by atoms with Crippen LogP contribution in [0.1, 0.15) is 69.4 Å². The van der Waals surface area contributed by atoms with E-state index in [4.69, 9.17) is 4.98 Å². The average molecular weight is 462 g/mol. The van der Waals surface area contributed by atoms with E-state index in [-0.39, 0.29) is 10.8 Å². The van der Waals surface area contributed by atoms with Gasteiger partial charge in [-0.2, -0.15) is 0 Å². The maximum absolute atomic E-state index is 5.15. The fourth-order valence-corrected chi connectivity index (χ4v) is 4.48. The van der Waals surface area contributed by atoms with Gasteiger partial charge in [-0.15, -0.1) is 0 Å². The fraction of sp³-hybridized carbons (Fsp3) is 0.324. The Hall–Kier alpha value is -3.19. The standard InChI is InChI=1S/C34H39N/c1-22-18-27(19-23(2)24(22)3)28-20-31(25-10-14-29(15-11-25)33(4,5)6)35-32(21-28)26-12-16-30(17-13-26)34(7,8)9/h10-21H,1-9H3. The van der Waals surface area contributed by atoms with Crippen LogP contribution in [0.2, 0.25) is 0 Å². The topological polar surface area (TPSA) is 12.9 Å². The summed E-state index contributed by atoms with van der Waals surface area (Å²) in [5.41, 5.74) is 13.7. The Kier molecular flexibility index (Phi) is 6.49. The second-order valence-corrected chi connectivity index (χ2v) is 12.0. The molecule has 4 aromatic rings. The van der Waals surface area contributed by atoms with Crippen molar-refractivity contribution >= 4 is 0 Å². The third-order valence-corrected chi connectivity index (χ3v) is 7.18. The van der Waals surface area contributed by atoms with E-state index in [9.17, 15) is 0 Å². The molecule has 0 radical (unpaired) electrons. The Morgan fingerprint density at radius 2 is 0.800 bits per heavy atom. The maximum Gasteiger partial charge on any atom is 0.0715 e. The lowest BCUT2D eigenvalue weighted by Crippen LogP contribution is -2.10. The Morgan fingerprint density at radius 3 is 1.14 bits per heavy atom. The molecule has 1 nitrogen and oxygen atoms in total. The van der Waals surface area contributed by atoms with Crippen molar-refractivity contribution < 1.29 is 0 Å². The van der Waals surface area contributed by atoms with Crippen molar-refractivity contribution in [3.8, 4) is 33.6 Å². The third kappa shape index (κ3) is 5.40. The predicted octanol–water partition coefficient (Wildman–Crippen LogP) is 9.60. The molecule has 35 heavy (non-hydrogen) atoms. The van der Waals surface area contributed by atoms with Crippen LogP contribution in [-0.4, -0.2) is 4.98 Å². The van der Waals surface area contributed by atoms with Gasteiger partial charge in [0.25, 0.3) is 0 Å². The highest BCUT2D eigenvalue weighted by molar-refractivity contribution is 5.77. The van der Waals surface area contributed by atoms with Crippen molar-refractivity contribution in [2.75, 3.05) is 0 Å². The van der Waals surface area contributed by atoms with Gasteiger partial charge in [-0.05, 0) is 82.7 Å². The van der Waals surface area contributed by atoms with Gasteiger partial charge in [-0.25, -0.2) is 4.98 Å². The number of hydrogen-bond donors (Lipinski definition) is 0. The molecule has 0 aliphatic rings. The Bertz CT molecular complexity index is 1240. The minimum atomic E-state index is 0.130. The Balaban J connectivity index is 1.87. The van der Waals surface area contributed by atoms with Gasteiger partial charge in [0, 0.05) is 11.1 Å². The van der Waals surface area contributed by atoms with E-state index in [0.29, 0.717) is 0 Å². The zero-order valence-electron chi connectivity index (χ0n) is 22.9. The number of aryl methyl sites for hydroxylation is 2. The molecule has 0 aliphatic heterocycles. The monoisotopic (exact) mass is 461 g/mol.